The van der Waals surface area contributed by atoms with Gasteiger partial charge in [-0.05, 0) is 81.6 Å². The number of rotatable bonds is 8. The quantitative estimate of drug-likeness (QED) is 0.215. The maximum atomic E-state index is 14.1. The molecule has 2 heterocycles. The molecule has 4 amide bonds. The van der Waals surface area contributed by atoms with E-state index in [4.69, 9.17) is 4.74 Å². The zero-order valence-corrected chi connectivity index (χ0v) is 26.2. The first-order valence-corrected chi connectivity index (χ1v) is 14.9. The van der Waals surface area contributed by atoms with Gasteiger partial charge in [-0.1, -0.05) is 42.5 Å². The number of carbonyl (C=O) groups is 4. The minimum absolute atomic E-state index is 0.217. The average Bonchev–Trinajstić information content (AvgIpc) is 3.59. The van der Waals surface area contributed by atoms with Crippen LogP contribution in [-0.2, 0) is 33.8 Å². The van der Waals surface area contributed by atoms with Crippen LogP contribution >= 0.6 is 0 Å². The summed E-state index contributed by atoms with van der Waals surface area (Å²) in [6.07, 6.45) is 1.36. The predicted molar refractivity (Wildman–Crippen MR) is 172 cm³/mol. The largest absolute Gasteiger partial charge is 0.444 e. The van der Waals surface area contributed by atoms with Crippen molar-refractivity contribution in [3.05, 3.63) is 101 Å². The van der Waals surface area contributed by atoms with Crippen LogP contribution in [0.1, 0.15) is 61.7 Å². The van der Waals surface area contributed by atoms with Crippen molar-refractivity contribution in [2.24, 2.45) is 0 Å². The van der Waals surface area contributed by atoms with Gasteiger partial charge >= 0.3 is 6.09 Å². The molecule has 45 heavy (non-hydrogen) atoms. The third kappa shape index (κ3) is 7.52. The normalized spacial score (nSPS) is 13.6. The maximum absolute atomic E-state index is 14.1. The van der Waals surface area contributed by atoms with Gasteiger partial charge in [-0.15, -0.1) is 0 Å². The number of ether oxygens (including phenoxy) is 1. The summed E-state index contributed by atoms with van der Waals surface area (Å²) in [6.45, 7) is 9.04. The molecule has 0 spiro atoms. The number of fused-ring (bicyclic) bond motifs is 2. The second kappa shape index (κ2) is 12.5. The molecule has 0 saturated heterocycles. The first-order valence-electron chi connectivity index (χ1n) is 14.9. The van der Waals surface area contributed by atoms with Gasteiger partial charge in [-0.3, -0.25) is 14.4 Å². The van der Waals surface area contributed by atoms with E-state index in [0.29, 0.717) is 24.3 Å². The minimum atomic E-state index is -1.36. The smallest absolute Gasteiger partial charge is 0.408 e. The second-order valence-electron chi connectivity index (χ2n) is 12.8. The molecule has 1 aromatic heterocycles. The van der Waals surface area contributed by atoms with Crippen LogP contribution in [0.2, 0.25) is 0 Å². The summed E-state index contributed by atoms with van der Waals surface area (Å²) in [5.41, 5.74) is 2.77. The Kier molecular flexibility index (Phi) is 8.68. The SMILES string of the molecule is CC(C)(C)OC(=O)NC(C)(C)C(=O)NC(Cc1c[nH]c2ccccc12)C(=O)N1Cc2ccc(NC(=O)c3ccccc3)cc2C1. The van der Waals surface area contributed by atoms with E-state index in [0.717, 1.165) is 27.6 Å². The molecule has 0 fully saturated rings. The van der Waals surface area contributed by atoms with E-state index in [1.165, 1.54) is 0 Å². The topological polar surface area (TPSA) is 133 Å². The van der Waals surface area contributed by atoms with Crippen molar-refractivity contribution in [1.82, 2.24) is 20.5 Å². The van der Waals surface area contributed by atoms with Gasteiger partial charge in [0.05, 0.1) is 0 Å². The van der Waals surface area contributed by atoms with E-state index in [-0.39, 0.29) is 18.2 Å². The standard InChI is InChI=1S/C35H39N5O5/c1-34(2,3)45-33(44)39-35(4,5)32(43)38-29(18-24-19-36-28-14-10-9-13-27(24)28)31(42)40-20-23-15-16-26(17-25(23)21-40)37-30(41)22-11-7-6-8-12-22/h6-17,19,29,36H,18,20-21H2,1-5H3,(H,37,41)(H,38,43)(H,39,44). The molecule has 0 bridgehead atoms. The van der Waals surface area contributed by atoms with Crippen LogP contribution < -0.4 is 16.0 Å². The molecule has 4 aromatic rings. The van der Waals surface area contributed by atoms with E-state index >= 15 is 0 Å². The van der Waals surface area contributed by atoms with E-state index < -0.39 is 29.2 Å². The van der Waals surface area contributed by atoms with E-state index in [2.05, 4.69) is 20.9 Å². The minimum Gasteiger partial charge on any atom is -0.444 e. The summed E-state index contributed by atoms with van der Waals surface area (Å²) in [5.74, 6) is -0.993. The molecule has 0 radical (unpaired) electrons. The third-order valence-corrected chi connectivity index (χ3v) is 7.62. The number of H-pyrrole nitrogens is 1. The number of nitrogens with one attached hydrogen (secondary N) is 4. The summed E-state index contributed by atoms with van der Waals surface area (Å²) in [6, 6.07) is 21.4. The summed E-state index contributed by atoms with van der Waals surface area (Å²) >= 11 is 0. The lowest BCUT2D eigenvalue weighted by molar-refractivity contribution is -0.138. The number of aromatic nitrogens is 1. The number of aromatic amines is 1. The van der Waals surface area contributed by atoms with Gasteiger partial charge < -0.3 is 30.6 Å². The van der Waals surface area contributed by atoms with Crippen LogP contribution in [-0.4, -0.2) is 50.9 Å². The molecule has 5 rings (SSSR count). The van der Waals surface area contributed by atoms with Crippen molar-refractivity contribution in [1.29, 1.82) is 0 Å². The number of nitrogens with zero attached hydrogens (tertiary/aromatic N) is 1. The Balaban J connectivity index is 1.34. The Bertz CT molecular complexity index is 1740. The maximum Gasteiger partial charge on any atom is 0.408 e. The summed E-state index contributed by atoms with van der Waals surface area (Å²) in [5, 5.41) is 9.42. The molecule has 1 unspecified atom stereocenters. The third-order valence-electron chi connectivity index (χ3n) is 7.62. The zero-order valence-electron chi connectivity index (χ0n) is 26.2. The predicted octanol–water partition coefficient (Wildman–Crippen LogP) is 5.29. The van der Waals surface area contributed by atoms with Crippen LogP contribution in [0, 0.1) is 0 Å². The number of anilines is 1. The lowest BCUT2D eigenvalue weighted by atomic mass is 10.0. The molecule has 0 aliphatic carbocycles. The molecule has 4 N–H and O–H groups in total. The average molecular weight is 610 g/mol. The van der Waals surface area contributed by atoms with Crippen molar-refractivity contribution in [2.75, 3.05) is 5.32 Å². The monoisotopic (exact) mass is 609 g/mol. The van der Waals surface area contributed by atoms with Gasteiger partial charge in [0, 0.05) is 47.9 Å². The lowest BCUT2D eigenvalue weighted by Crippen LogP contribution is -2.59. The molecule has 234 valence electrons. The van der Waals surface area contributed by atoms with E-state index in [1.54, 1.807) is 63.8 Å². The van der Waals surface area contributed by atoms with Gasteiger partial charge in [0.2, 0.25) is 11.8 Å². The summed E-state index contributed by atoms with van der Waals surface area (Å²) in [4.78, 5) is 57.8. The van der Waals surface area contributed by atoms with Crippen LogP contribution in [0.3, 0.4) is 0 Å². The molecule has 10 heteroatoms. The summed E-state index contributed by atoms with van der Waals surface area (Å²) in [7, 11) is 0. The highest BCUT2D eigenvalue weighted by Gasteiger charge is 2.37. The van der Waals surface area contributed by atoms with E-state index in [9.17, 15) is 19.2 Å². The zero-order chi connectivity index (χ0) is 32.4. The molecule has 1 aliphatic rings. The first-order chi connectivity index (χ1) is 21.3. The number of benzene rings is 3. The van der Waals surface area contributed by atoms with Crippen molar-refractivity contribution >= 4 is 40.4 Å². The Labute approximate surface area is 262 Å². The Morgan fingerprint density at radius 2 is 1.58 bits per heavy atom. The molecule has 1 atom stereocenters. The highest BCUT2D eigenvalue weighted by molar-refractivity contribution is 6.04. The van der Waals surface area contributed by atoms with Gasteiger partial charge in [0.25, 0.3) is 5.91 Å². The Hall–Kier alpha value is -5.12. The van der Waals surface area contributed by atoms with Crippen LogP contribution in [0.15, 0.2) is 79.0 Å². The van der Waals surface area contributed by atoms with Crippen LogP contribution in [0.4, 0.5) is 10.5 Å². The molecular formula is C35H39N5O5. The van der Waals surface area contributed by atoms with Crippen molar-refractivity contribution in [2.45, 2.75) is 71.3 Å². The van der Waals surface area contributed by atoms with Crippen molar-refractivity contribution in [3.8, 4) is 0 Å². The fourth-order valence-corrected chi connectivity index (χ4v) is 5.32. The number of carbonyl (C=O) groups excluding carboxylic acids is 4. The fourth-order valence-electron chi connectivity index (χ4n) is 5.32. The van der Waals surface area contributed by atoms with Gasteiger partial charge in [-0.2, -0.15) is 0 Å². The number of para-hydroxylation sites is 1. The highest BCUT2D eigenvalue weighted by atomic mass is 16.6. The second-order valence-corrected chi connectivity index (χ2v) is 12.8. The number of alkyl carbamates (subject to hydrolysis) is 1. The van der Waals surface area contributed by atoms with E-state index in [1.807, 2.05) is 54.7 Å². The van der Waals surface area contributed by atoms with Crippen molar-refractivity contribution in [3.63, 3.8) is 0 Å². The number of hydrogen-bond donors (Lipinski definition) is 4. The fraction of sp³-hybridized carbons (Fsp3) is 0.314. The number of amides is 4. The summed E-state index contributed by atoms with van der Waals surface area (Å²) < 4.78 is 5.35. The van der Waals surface area contributed by atoms with Crippen LogP contribution in [0.25, 0.3) is 10.9 Å². The van der Waals surface area contributed by atoms with Gasteiger partial charge in [0.1, 0.15) is 17.2 Å². The van der Waals surface area contributed by atoms with Crippen LogP contribution in [0.5, 0.6) is 0 Å². The molecule has 3 aromatic carbocycles. The molecular weight excluding hydrogens is 570 g/mol. The van der Waals surface area contributed by atoms with Gasteiger partial charge in [0.15, 0.2) is 0 Å². The molecule has 10 nitrogen and oxygen atoms in total. The van der Waals surface area contributed by atoms with Crippen molar-refractivity contribution < 1.29 is 23.9 Å². The number of hydrogen-bond acceptors (Lipinski definition) is 5. The Morgan fingerprint density at radius 3 is 2.31 bits per heavy atom. The molecule has 0 saturated carbocycles. The molecule has 1 aliphatic heterocycles. The highest BCUT2D eigenvalue weighted by Crippen LogP contribution is 2.28. The lowest BCUT2D eigenvalue weighted by Gasteiger charge is -2.30. The van der Waals surface area contributed by atoms with Gasteiger partial charge in [-0.25, -0.2) is 4.79 Å². The first kappa shape index (κ1) is 31.3. The Morgan fingerprint density at radius 1 is 0.889 bits per heavy atom.